The van der Waals surface area contributed by atoms with E-state index in [1.807, 2.05) is 6.07 Å². The molecule has 0 saturated carbocycles. The number of ether oxygens (including phenoxy) is 1. The number of nitrogens with one attached hydrogen (secondary N) is 1. The lowest BCUT2D eigenvalue weighted by Gasteiger charge is -2.13. The molecule has 1 N–H and O–H groups in total. The Balaban J connectivity index is 1.99. The van der Waals surface area contributed by atoms with E-state index in [1.54, 1.807) is 19.3 Å². The van der Waals surface area contributed by atoms with E-state index in [2.05, 4.69) is 5.32 Å². The summed E-state index contributed by atoms with van der Waals surface area (Å²) in [7, 11) is 1.39. The average molecular weight is 336 g/mol. The molecule has 2 rings (SSSR count). The summed E-state index contributed by atoms with van der Waals surface area (Å²) < 4.78 is 10.3. The second-order valence-corrected chi connectivity index (χ2v) is 5.99. The number of anilines is 1. The van der Waals surface area contributed by atoms with E-state index >= 15 is 0 Å². The summed E-state index contributed by atoms with van der Waals surface area (Å²) in [6.07, 6.45) is 1.59. The molecule has 1 amide bonds. The molecule has 0 unspecified atom stereocenters. The van der Waals surface area contributed by atoms with Gasteiger partial charge >= 0.3 is 0 Å². The molecule has 0 spiro atoms. The predicted molar refractivity (Wildman–Crippen MR) is 87.7 cm³/mol. The summed E-state index contributed by atoms with van der Waals surface area (Å²) in [5.41, 5.74) is 0.300. The van der Waals surface area contributed by atoms with E-state index in [4.69, 9.17) is 9.15 Å². The van der Waals surface area contributed by atoms with Crippen LogP contribution in [0, 0.1) is 10.1 Å². The minimum absolute atomic E-state index is 0.0971. The van der Waals surface area contributed by atoms with E-state index in [0.717, 1.165) is 5.76 Å². The number of amides is 1. The number of benzene rings is 1. The van der Waals surface area contributed by atoms with Crippen LogP contribution in [-0.4, -0.2) is 23.2 Å². The van der Waals surface area contributed by atoms with Crippen LogP contribution in [0.15, 0.2) is 41.0 Å². The quantitative estimate of drug-likeness (QED) is 0.614. The van der Waals surface area contributed by atoms with Gasteiger partial charge in [0.2, 0.25) is 5.91 Å². The minimum Gasteiger partial charge on any atom is -0.494 e. The third kappa shape index (κ3) is 4.49. The molecule has 2 aromatic rings. The highest BCUT2D eigenvalue weighted by Gasteiger charge is 2.18. The fourth-order valence-electron chi connectivity index (χ4n) is 1.81. The van der Waals surface area contributed by atoms with Gasteiger partial charge in [0, 0.05) is 6.07 Å². The molecule has 1 atom stereocenters. The van der Waals surface area contributed by atoms with E-state index < -0.39 is 4.92 Å². The number of non-ortho nitro benzene ring substituents is 1. The number of hydrogen-bond acceptors (Lipinski definition) is 6. The highest BCUT2D eigenvalue weighted by atomic mass is 32.2. The van der Waals surface area contributed by atoms with Crippen LogP contribution in [0.25, 0.3) is 0 Å². The topological polar surface area (TPSA) is 94.6 Å². The van der Waals surface area contributed by atoms with Crippen molar-refractivity contribution in [2.45, 2.75) is 17.9 Å². The summed E-state index contributed by atoms with van der Waals surface area (Å²) in [4.78, 5) is 22.4. The highest BCUT2D eigenvalue weighted by Crippen LogP contribution is 2.30. The monoisotopic (exact) mass is 336 g/mol. The first-order valence-corrected chi connectivity index (χ1v) is 7.83. The molecule has 23 heavy (non-hydrogen) atoms. The van der Waals surface area contributed by atoms with E-state index in [9.17, 15) is 14.9 Å². The number of thioether (sulfide) groups is 1. The number of carbonyl (C=O) groups is 1. The first-order valence-electron chi connectivity index (χ1n) is 6.78. The van der Waals surface area contributed by atoms with Crippen LogP contribution < -0.4 is 10.1 Å². The van der Waals surface area contributed by atoms with E-state index in [-0.39, 0.29) is 22.6 Å². The van der Waals surface area contributed by atoms with Crippen molar-refractivity contribution in [3.8, 4) is 5.75 Å². The van der Waals surface area contributed by atoms with Crippen molar-refractivity contribution in [2.24, 2.45) is 0 Å². The Labute approximate surface area is 137 Å². The zero-order valence-electron chi connectivity index (χ0n) is 12.6. The van der Waals surface area contributed by atoms with E-state index in [1.165, 1.54) is 37.1 Å². The molecule has 1 aromatic heterocycles. The number of rotatable bonds is 7. The molecule has 0 saturated heterocycles. The molecule has 0 aliphatic carbocycles. The summed E-state index contributed by atoms with van der Waals surface area (Å²) in [6, 6.07) is 7.69. The number of furan rings is 1. The van der Waals surface area contributed by atoms with Crippen LogP contribution in [0.2, 0.25) is 0 Å². The first kappa shape index (κ1) is 16.9. The van der Waals surface area contributed by atoms with Crippen LogP contribution in [0.3, 0.4) is 0 Å². The molecule has 122 valence electrons. The van der Waals surface area contributed by atoms with Gasteiger partial charge in [-0.3, -0.25) is 14.9 Å². The van der Waals surface area contributed by atoms with Crippen molar-refractivity contribution in [3.63, 3.8) is 0 Å². The Kier molecular flexibility index (Phi) is 5.64. The van der Waals surface area contributed by atoms with Gasteiger partial charge in [-0.1, -0.05) is 0 Å². The molecule has 0 aliphatic heterocycles. The molecule has 1 heterocycles. The van der Waals surface area contributed by atoms with Gasteiger partial charge < -0.3 is 14.5 Å². The Morgan fingerprint density at radius 2 is 2.26 bits per heavy atom. The molecule has 1 aromatic carbocycles. The summed E-state index contributed by atoms with van der Waals surface area (Å²) in [6.45, 7) is 1.78. The van der Waals surface area contributed by atoms with Gasteiger partial charge in [0.15, 0.2) is 0 Å². The Morgan fingerprint density at radius 3 is 2.87 bits per heavy atom. The second-order valence-electron chi connectivity index (χ2n) is 4.66. The number of hydrogen-bond donors (Lipinski definition) is 1. The van der Waals surface area contributed by atoms with Gasteiger partial charge in [-0.25, -0.2) is 0 Å². The van der Waals surface area contributed by atoms with Crippen LogP contribution in [0.1, 0.15) is 12.7 Å². The van der Waals surface area contributed by atoms with Gasteiger partial charge in [0.25, 0.3) is 5.69 Å². The van der Waals surface area contributed by atoms with E-state index in [0.29, 0.717) is 11.4 Å². The van der Waals surface area contributed by atoms with Gasteiger partial charge in [-0.05, 0) is 25.1 Å². The standard InChI is InChI=1S/C15H16N2O5S/c1-10(23-9-12-4-3-7-22-12)15(18)16-13-6-5-11(17(19)20)8-14(13)21-2/h3-8,10H,9H2,1-2H3,(H,16,18)/t10-/m0/s1. The van der Waals surface area contributed by atoms with Gasteiger partial charge in [0.1, 0.15) is 11.5 Å². The molecule has 0 radical (unpaired) electrons. The molecular weight excluding hydrogens is 320 g/mol. The third-order valence-electron chi connectivity index (χ3n) is 3.08. The maximum absolute atomic E-state index is 12.2. The number of nitrogens with zero attached hydrogens (tertiary/aromatic N) is 1. The van der Waals surface area contributed by atoms with Gasteiger partial charge in [-0.2, -0.15) is 0 Å². The van der Waals surface area contributed by atoms with Crippen molar-refractivity contribution in [2.75, 3.05) is 12.4 Å². The third-order valence-corrected chi connectivity index (χ3v) is 4.24. The molecule has 0 fully saturated rings. The highest BCUT2D eigenvalue weighted by molar-refractivity contribution is 7.99. The zero-order chi connectivity index (χ0) is 16.8. The number of methoxy groups -OCH3 is 1. The zero-order valence-corrected chi connectivity index (χ0v) is 13.5. The van der Waals surface area contributed by atoms with Crippen molar-refractivity contribution in [1.29, 1.82) is 0 Å². The fraction of sp³-hybridized carbons (Fsp3) is 0.267. The normalized spacial score (nSPS) is 11.7. The van der Waals surface area contributed by atoms with Crippen molar-refractivity contribution >= 4 is 29.0 Å². The lowest BCUT2D eigenvalue weighted by atomic mass is 10.2. The second kappa shape index (κ2) is 7.68. The number of nitro groups is 1. The van der Waals surface area contributed by atoms with Crippen LogP contribution in [0.5, 0.6) is 5.75 Å². The molecule has 7 nitrogen and oxygen atoms in total. The molecule has 0 aliphatic rings. The van der Waals surface area contributed by atoms with Crippen molar-refractivity contribution in [1.82, 2.24) is 0 Å². The largest absolute Gasteiger partial charge is 0.494 e. The van der Waals surface area contributed by atoms with Crippen molar-refractivity contribution < 1.29 is 18.9 Å². The van der Waals surface area contributed by atoms with Crippen LogP contribution in [0.4, 0.5) is 11.4 Å². The Morgan fingerprint density at radius 1 is 1.48 bits per heavy atom. The smallest absolute Gasteiger partial charge is 0.273 e. The van der Waals surface area contributed by atoms with Gasteiger partial charge in [0.05, 0.1) is 41.1 Å². The predicted octanol–water partition coefficient (Wildman–Crippen LogP) is 3.46. The lowest BCUT2D eigenvalue weighted by Crippen LogP contribution is -2.22. The summed E-state index contributed by atoms with van der Waals surface area (Å²) in [5, 5.41) is 13.2. The first-order chi connectivity index (χ1) is 11.0. The SMILES string of the molecule is COc1cc([N+](=O)[O-])ccc1NC(=O)[C@H](C)SCc1ccco1. The fourth-order valence-corrected chi connectivity index (χ4v) is 2.60. The Hall–Kier alpha value is -2.48. The molecular formula is C15H16N2O5S. The van der Waals surface area contributed by atoms with Crippen LogP contribution >= 0.6 is 11.8 Å². The molecule has 0 bridgehead atoms. The Bertz CT molecular complexity index is 687. The summed E-state index contributed by atoms with van der Waals surface area (Å²) >= 11 is 1.43. The van der Waals surface area contributed by atoms with Gasteiger partial charge in [-0.15, -0.1) is 11.8 Å². The maximum Gasteiger partial charge on any atom is 0.273 e. The summed E-state index contributed by atoms with van der Waals surface area (Å²) in [5.74, 6) is 1.41. The molecule has 8 heteroatoms. The lowest BCUT2D eigenvalue weighted by molar-refractivity contribution is -0.384. The number of carbonyl (C=O) groups excluding carboxylic acids is 1. The van der Waals surface area contributed by atoms with Crippen molar-refractivity contribution in [3.05, 3.63) is 52.5 Å². The van der Waals surface area contributed by atoms with Crippen LogP contribution in [-0.2, 0) is 10.5 Å². The average Bonchev–Trinajstić information content (AvgIpc) is 3.06. The minimum atomic E-state index is -0.518. The number of nitro benzene ring substituents is 1. The maximum atomic E-state index is 12.2.